The summed E-state index contributed by atoms with van der Waals surface area (Å²) in [7, 11) is 0. The summed E-state index contributed by atoms with van der Waals surface area (Å²) in [6.07, 6.45) is 0.912. The number of hydrogen-bond acceptors (Lipinski definition) is 3. The summed E-state index contributed by atoms with van der Waals surface area (Å²) in [5.41, 5.74) is 1.25. The van der Waals surface area contributed by atoms with E-state index >= 15 is 0 Å². The molecule has 0 spiro atoms. The fraction of sp³-hybridized carbons (Fsp3) is 0.250. The maximum atomic E-state index is 13.2. The Morgan fingerprint density at radius 1 is 1.29 bits per heavy atom. The van der Waals surface area contributed by atoms with E-state index in [1.807, 2.05) is 13.0 Å². The van der Waals surface area contributed by atoms with Crippen molar-refractivity contribution < 1.29 is 14.2 Å². The average Bonchev–Trinajstić information content (AvgIpc) is 2.48. The molecule has 0 saturated carbocycles. The normalized spacial score (nSPS) is 10.4. The number of para-hydroxylation sites is 1. The number of nitrogens with one attached hydrogen (secondary N) is 1. The van der Waals surface area contributed by atoms with Crippen LogP contribution in [0.15, 0.2) is 36.4 Å². The first-order chi connectivity index (χ1) is 10.1. The van der Waals surface area contributed by atoms with Crippen LogP contribution in [0.4, 0.5) is 10.1 Å². The second-order valence-electron chi connectivity index (χ2n) is 4.59. The molecule has 0 amide bonds. The molecule has 0 atom stereocenters. The number of phenols is 1. The Morgan fingerprint density at radius 3 is 2.81 bits per heavy atom. The Bertz CT molecular complexity index is 619. The minimum Gasteiger partial charge on any atom is -0.505 e. The largest absolute Gasteiger partial charge is 0.505 e. The molecule has 0 heterocycles. The highest BCUT2D eigenvalue weighted by Crippen LogP contribution is 2.28. The van der Waals surface area contributed by atoms with Gasteiger partial charge >= 0.3 is 0 Å². The minimum atomic E-state index is -0.629. The summed E-state index contributed by atoms with van der Waals surface area (Å²) in [4.78, 5) is 0. The van der Waals surface area contributed by atoms with Gasteiger partial charge in [0, 0.05) is 17.8 Å². The number of halogens is 2. The highest BCUT2D eigenvalue weighted by molar-refractivity contribution is 6.32. The second kappa shape index (κ2) is 7.18. The topological polar surface area (TPSA) is 41.5 Å². The Labute approximate surface area is 128 Å². The van der Waals surface area contributed by atoms with Gasteiger partial charge in [-0.2, -0.15) is 0 Å². The van der Waals surface area contributed by atoms with Gasteiger partial charge in [-0.25, -0.2) is 4.39 Å². The van der Waals surface area contributed by atoms with Crippen LogP contribution >= 0.6 is 11.6 Å². The fourth-order valence-electron chi connectivity index (χ4n) is 1.84. The van der Waals surface area contributed by atoms with Gasteiger partial charge in [-0.3, -0.25) is 0 Å². The van der Waals surface area contributed by atoms with Crippen LogP contribution in [0.1, 0.15) is 18.9 Å². The van der Waals surface area contributed by atoms with Crippen molar-refractivity contribution in [2.45, 2.75) is 19.9 Å². The highest BCUT2D eigenvalue weighted by atomic mass is 35.5. The van der Waals surface area contributed by atoms with Crippen LogP contribution < -0.4 is 10.1 Å². The molecule has 0 aliphatic heterocycles. The molecule has 0 aliphatic rings. The van der Waals surface area contributed by atoms with Crippen LogP contribution in [0.3, 0.4) is 0 Å². The number of aromatic hydroxyl groups is 1. The minimum absolute atomic E-state index is 0.301. The number of hydrogen-bond donors (Lipinski definition) is 2. The lowest BCUT2D eigenvalue weighted by atomic mass is 10.2. The van der Waals surface area contributed by atoms with Crippen LogP contribution in [0.2, 0.25) is 5.02 Å². The predicted octanol–water partition coefficient (Wildman–Crippen LogP) is 4.59. The number of phenolic OH excluding ortho intramolecular Hbond substituents is 1. The summed E-state index contributed by atoms with van der Waals surface area (Å²) in [5.74, 6) is -0.327. The first-order valence-electron chi connectivity index (χ1n) is 6.74. The van der Waals surface area contributed by atoms with E-state index in [9.17, 15) is 9.50 Å². The molecule has 0 bridgehead atoms. The molecular formula is C16H17ClFNO2. The molecule has 2 N–H and O–H groups in total. The zero-order chi connectivity index (χ0) is 15.2. The van der Waals surface area contributed by atoms with Gasteiger partial charge in [0.05, 0.1) is 11.6 Å². The zero-order valence-corrected chi connectivity index (χ0v) is 12.5. The lowest BCUT2D eigenvalue weighted by Gasteiger charge is -2.11. The van der Waals surface area contributed by atoms with Gasteiger partial charge in [0.25, 0.3) is 0 Å². The molecule has 0 unspecified atom stereocenters. The van der Waals surface area contributed by atoms with E-state index in [4.69, 9.17) is 16.3 Å². The van der Waals surface area contributed by atoms with Crippen LogP contribution in [-0.2, 0) is 6.54 Å². The van der Waals surface area contributed by atoms with Crippen molar-refractivity contribution in [3.8, 4) is 11.5 Å². The average molecular weight is 310 g/mol. The van der Waals surface area contributed by atoms with Crippen molar-refractivity contribution in [1.82, 2.24) is 0 Å². The van der Waals surface area contributed by atoms with Gasteiger partial charge in [-0.15, -0.1) is 0 Å². The third-order valence-electron chi connectivity index (χ3n) is 2.95. The van der Waals surface area contributed by atoms with Gasteiger partial charge < -0.3 is 15.2 Å². The Balaban J connectivity index is 2.03. The van der Waals surface area contributed by atoms with Crippen LogP contribution in [0.5, 0.6) is 11.5 Å². The molecule has 0 fully saturated rings. The van der Waals surface area contributed by atoms with Gasteiger partial charge in [-0.1, -0.05) is 30.7 Å². The first-order valence-corrected chi connectivity index (χ1v) is 7.12. The molecule has 0 aromatic heterocycles. The van der Waals surface area contributed by atoms with E-state index < -0.39 is 5.82 Å². The molecule has 0 radical (unpaired) electrons. The number of benzene rings is 2. The molecule has 5 heteroatoms. The Kier molecular flexibility index (Phi) is 5.28. The maximum Gasteiger partial charge on any atom is 0.165 e. The quantitative estimate of drug-likeness (QED) is 0.820. The smallest absolute Gasteiger partial charge is 0.165 e. The molecule has 2 aromatic rings. The van der Waals surface area contributed by atoms with Crippen molar-refractivity contribution in [3.63, 3.8) is 0 Å². The standard InChI is InChI=1S/C16H17ClFNO2/c1-2-8-21-15-7-6-12(9-13(15)17)19-10-11-4-3-5-14(18)16(11)20/h3-7,9,19-20H,2,8,10H2,1H3. The molecule has 0 aliphatic carbocycles. The fourth-order valence-corrected chi connectivity index (χ4v) is 2.07. The lowest BCUT2D eigenvalue weighted by Crippen LogP contribution is -2.01. The molecule has 2 rings (SSSR count). The van der Waals surface area contributed by atoms with Crippen LogP contribution in [-0.4, -0.2) is 11.7 Å². The van der Waals surface area contributed by atoms with Crippen LogP contribution in [0.25, 0.3) is 0 Å². The maximum absolute atomic E-state index is 13.2. The summed E-state index contributed by atoms with van der Waals surface area (Å²) < 4.78 is 18.7. The van der Waals surface area contributed by atoms with Crippen molar-refractivity contribution in [3.05, 3.63) is 52.8 Å². The molecular weight excluding hydrogens is 293 g/mol. The van der Waals surface area contributed by atoms with E-state index in [1.54, 1.807) is 24.3 Å². The molecule has 3 nitrogen and oxygen atoms in total. The van der Waals surface area contributed by atoms with Gasteiger partial charge in [0.15, 0.2) is 11.6 Å². The third-order valence-corrected chi connectivity index (χ3v) is 3.24. The van der Waals surface area contributed by atoms with Gasteiger partial charge in [0.1, 0.15) is 5.75 Å². The molecule has 2 aromatic carbocycles. The van der Waals surface area contributed by atoms with E-state index in [0.29, 0.717) is 29.5 Å². The van der Waals surface area contributed by atoms with Gasteiger partial charge in [-0.05, 0) is 30.7 Å². The predicted molar refractivity (Wildman–Crippen MR) is 82.6 cm³/mol. The molecule has 0 saturated heterocycles. The van der Waals surface area contributed by atoms with Crippen molar-refractivity contribution in [2.24, 2.45) is 0 Å². The van der Waals surface area contributed by atoms with Gasteiger partial charge in [0.2, 0.25) is 0 Å². The monoisotopic (exact) mass is 309 g/mol. The van der Waals surface area contributed by atoms with E-state index in [0.717, 1.165) is 12.1 Å². The number of ether oxygens (including phenoxy) is 1. The summed E-state index contributed by atoms with van der Waals surface area (Å²) in [6.45, 7) is 2.94. The number of rotatable bonds is 6. The first kappa shape index (κ1) is 15.4. The van der Waals surface area contributed by atoms with Crippen molar-refractivity contribution in [1.29, 1.82) is 0 Å². The summed E-state index contributed by atoms with van der Waals surface area (Å²) >= 11 is 6.13. The zero-order valence-electron chi connectivity index (χ0n) is 11.7. The number of anilines is 1. The molecule has 112 valence electrons. The molecule has 21 heavy (non-hydrogen) atoms. The lowest BCUT2D eigenvalue weighted by molar-refractivity contribution is 0.317. The van der Waals surface area contributed by atoms with E-state index in [2.05, 4.69) is 5.32 Å². The van der Waals surface area contributed by atoms with Crippen molar-refractivity contribution >= 4 is 17.3 Å². The highest BCUT2D eigenvalue weighted by Gasteiger charge is 2.07. The Hall–Kier alpha value is -1.94. The summed E-state index contributed by atoms with van der Waals surface area (Å²) in [5, 5.41) is 13.2. The SMILES string of the molecule is CCCOc1ccc(NCc2cccc(F)c2O)cc1Cl. The van der Waals surface area contributed by atoms with Crippen LogP contribution in [0, 0.1) is 5.82 Å². The summed E-state index contributed by atoms with van der Waals surface area (Å²) in [6, 6.07) is 9.78. The third kappa shape index (κ3) is 4.02. The van der Waals surface area contributed by atoms with Crippen molar-refractivity contribution in [2.75, 3.05) is 11.9 Å². The Morgan fingerprint density at radius 2 is 2.10 bits per heavy atom. The van der Waals surface area contributed by atoms with E-state index in [-0.39, 0.29) is 5.75 Å². The van der Waals surface area contributed by atoms with E-state index in [1.165, 1.54) is 6.07 Å². The second-order valence-corrected chi connectivity index (χ2v) is 5.00.